The van der Waals surface area contributed by atoms with Gasteiger partial charge >= 0.3 is 0 Å². The lowest BCUT2D eigenvalue weighted by molar-refractivity contribution is -0.131. The van der Waals surface area contributed by atoms with Crippen molar-refractivity contribution in [2.45, 2.75) is 37.7 Å². The summed E-state index contributed by atoms with van der Waals surface area (Å²) in [5, 5.41) is 0. The highest BCUT2D eigenvalue weighted by molar-refractivity contribution is 5.83. The van der Waals surface area contributed by atoms with Crippen molar-refractivity contribution in [3.8, 4) is 5.75 Å². The fraction of sp³-hybridized carbons (Fsp3) is 0.500. The molecule has 3 atom stereocenters. The van der Waals surface area contributed by atoms with Crippen molar-refractivity contribution in [3.63, 3.8) is 0 Å². The third kappa shape index (κ3) is 3.43. The third-order valence-electron chi connectivity index (χ3n) is 6.13. The second-order valence-electron chi connectivity index (χ2n) is 8.07. The Morgan fingerprint density at radius 1 is 1.11 bits per heavy atom. The number of aromatic nitrogens is 2. The Balaban J connectivity index is 1.20. The zero-order valence-electron chi connectivity index (χ0n) is 16.0. The normalized spacial score (nSPS) is 26.5. The van der Waals surface area contributed by atoms with Crippen LogP contribution in [0.4, 0.5) is 5.82 Å². The number of anilines is 1. The summed E-state index contributed by atoms with van der Waals surface area (Å²) >= 11 is 0. The fourth-order valence-corrected chi connectivity index (χ4v) is 4.51. The number of hydrogen-bond donors (Lipinski definition) is 0. The van der Waals surface area contributed by atoms with Crippen LogP contribution >= 0.6 is 0 Å². The molecule has 6 heteroatoms. The number of carbonyl (C=O) groups is 1. The van der Waals surface area contributed by atoms with E-state index in [1.165, 1.54) is 18.4 Å². The minimum absolute atomic E-state index is 0.0464. The third-order valence-corrected chi connectivity index (χ3v) is 6.13. The molecule has 1 aliphatic carbocycles. The van der Waals surface area contributed by atoms with Crippen molar-refractivity contribution in [2.75, 3.05) is 31.1 Å². The lowest BCUT2D eigenvalue weighted by Gasteiger charge is -2.22. The molecule has 0 spiro atoms. The van der Waals surface area contributed by atoms with Crippen molar-refractivity contribution in [3.05, 3.63) is 48.4 Å². The molecule has 146 valence electrons. The van der Waals surface area contributed by atoms with Gasteiger partial charge in [-0.1, -0.05) is 6.07 Å². The van der Waals surface area contributed by atoms with Crippen LogP contribution in [0.5, 0.6) is 5.75 Å². The Morgan fingerprint density at radius 3 is 2.79 bits per heavy atom. The van der Waals surface area contributed by atoms with Crippen molar-refractivity contribution < 1.29 is 9.53 Å². The molecule has 5 rings (SSSR count). The summed E-state index contributed by atoms with van der Waals surface area (Å²) in [5.41, 5.74) is 1.18. The van der Waals surface area contributed by atoms with E-state index in [1.807, 2.05) is 35.5 Å². The van der Waals surface area contributed by atoms with Crippen LogP contribution in [0.25, 0.3) is 0 Å². The molecule has 2 aromatic heterocycles. The van der Waals surface area contributed by atoms with Gasteiger partial charge in [0, 0.05) is 50.6 Å². The van der Waals surface area contributed by atoms with Crippen LogP contribution in [0, 0.1) is 5.92 Å². The molecule has 0 unspecified atom stereocenters. The first kappa shape index (κ1) is 17.5. The minimum Gasteiger partial charge on any atom is -0.485 e. The maximum Gasteiger partial charge on any atom is 0.226 e. The van der Waals surface area contributed by atoms with Gasteiger partial charge in [0.1, 0.15) is 6.10 Å². The lowest BCUT2D eigenvalue weighted by Crippen LogP contribution is -2.32. The van der Waals surface area contributed by atoms with Gasteiger partial charge in [0.15, 0.2) is 11.6 Å². The second-order valence-corrected chi connectivity index (χ2v) is 8.07. The van der Waals surface area contributed by atoms with E-state index >= 15 is 0 Å². The first-order valence-corrected chi connectivity index (χ1v) is 10.3. The van der Waals surface area contributed by atoms with E-state index in [4.69, 9.17) is 4.74 Å². The topological polar surface area (TPSA) is 58.6 Å². The van der Waals surface area contributed by atoms with Gasteiger partial charge in [0.05, 0.1) is 6.54 Å². The lowest BCUT2D eigenvalue weighted by atomic mass is 10.1. The molecule has 3 aliphatic rings. The molecule has 2 aromatic rings. The van der Waals surface area contributed by atoms with Crippen LogP contribution in [0.2, 0.25) is 0 Å². The fourth-order valence-electron chi connectivity index (χ4n) is 4.51. The van der Waals surface area contributed by atoms with Crippen molar-refractivity contribution >= 4 is 11.7 Å². The SMILES string of the molecule is O=C([C@@H]1C[C@H]1c1cccnc1)N1CC[C@H](Oc2cccnc2N2CCCC2)C1. The summed E-state index contributed by atoms with van der Waals surface area (Å²) in [7, 11) is 0. The summed E-state index contributed by atoms with van der Waals surface area (Å²) in [5.74, 6) is 2.51. The maximum atomic E-state index is 12.9. The number of carbonyl (C=O) groups excluding carboxylic acids is 1. The standard InChI is InChI=1S/C22H26N4O2/c27-22(19-13-18(19)16-5-3-8-23-14-16)26-12-7-17(15-26)28-20-6-4-9-24-21(20)25-10-1-2-11-25/h3-6,8-9,14,17-19H,1-2,7,10-13,15H2/t17-,18-,19+/m0/s1. The van der Waals surface area contributed by atoms with Crippen LogP contribution in [0.3, 0.4) is 0 Å². The van der Waals surface area contributed by atoms with E-state index in [2.05, 4.69) is 20.9 Å². The van der Waals surface area contributed by atoms with E-state index < -0.39 is 0 Å². The summed E-state index contributed by atoms with van der Waals surface area (Å²) in [6.07, 6.45) is 9.78. The Kier molecular flexibility index (Phi) is 4.63. The summed E-state index contributed by atoms with van der Waals surface area (Å²) < 4.78 is 6.30. The molecule has 0 radical (unpaired) electrons. The molecule has 0 N–H and O–H groups in total. The summed E-state index contributed by atoms with van der Waals surface area (Å²) in [6, 6.07) is 7.95. The van der Waals surface area contributed by atoms with Gasteiger partial charge in [-0.05, 0) is 48.9 Å². The summed E-state index contributed by atoms with van der Waals surface area (Å²) in [6.45, 7) is 3.53. The van der Waals surface area contributed by atoms with Gasteiger partial charge in [-0.25, -0.2) is 4.98 Å². The number of ether oxygens (including phenoxy) is 1. The molecular weight excluding hydrogens is 352 g/mol. The van der Waals surface area contributed by atoms with Crippen LogP contribution in [0.15, 0.2) is 42.9 Å². The van der Waals surface area contributed by atoms with E-state index in [9.17, 15) is 4.79 Å². The number of amides is 1. The quantitative estimate of drug-likeness (QED) is 0.801. The Hall–Kier alpha value is -2.63. The highest BCUT2D eigenvalue weighted by Crippen LogP contribution is 2.48. The van der Waals surface area contributed by atoms with Crippen LogP contribution < -0.4 is 9.64 Å². The monoisotopic (exact) mass is 378 g/mol. The number of nitrogens with zero attached hydrogens (tertiary/aromatic N) is 4. The van der Waals surface area contributed by atoms with Gasteiger partial charge in [-0.3, -0.25) is 9.78 Å². The smallest absolute Gasteiger partial charge is 0.226 e. The predicted molar refractivity (Wildman–Crippen MR) is 106 cm³/mol. The average Bonchev–Trinajstić information content (AvgIpc) is 3.12. The van der Waals surface area contributed by atoms with Gasteiger partial charge in [-0.15, -0.1) is 0 Å². The number of likely N-dealkylation sites (tertiary alicyclic amines) is 1. The number of hydrogen-bond acceptors (Lipinski definition) is 5. The minimum atomic E-state index is 0.0464. The molecule has 0 bridgehead atoms. The molecule has 28 heavy (non-hydrogen) atoms. The predicted octanol–water partition coefficient (Wildman–Crippen LogP) is 2.86. The van der Waals surface area contributed by atoms with E-state index in [1.54, 1.807) is 6.20 Å². The molecule has 6 nitrogen and oxygen atoms in total. The zero-order valence-corrected chi connectivity index (χ0v) is 16.0. The first-order chi connectivity index (χ1) is 13.8. The Morgan fingerprint density at radius 2 is 1.96 bits per heavy atom. The highest BCUT2D eigenvalue weighted by Gasteiger charge is 2.47. The van der Waals surface area contributed by atoms with E-state index in [0.29, 0.717) is 12.5 Å². The van der Waals surface area contributed by atoms with Gasteiger partial charge in [0.2, 0.25) is 5.91 Å². The maximum absolute atomic E-state index is 12.9. The summed E-state index contributed by atoms with van der Waals surface area (Å²) in [4.78, 5) is 25.9. The van der Waals surface area contributed by atoms with Gasteiger partial charge < -0.3 is 14.5 Å². The van der Waals surface area contributed by atoms with Crippen LogP contribution in [-0.4, -0.2) is 53.1 Å². The second kappa shape index (κ2) is 7.41. The molecule has 2 aliphatic heterocycles. The molecule has 1 saturated carbocycles. The van der Waals surface area contributed by atoms with Crippen LogP contribution in [-0.2, 0) is 4.79 Å². The largest absolute Gasteiger partial charge is 0.485 e. The zero-order chi connectivity index (χ0) is 18.9. The molecule has 0 aromatic carbocycles. The van der Waals surface area contributed by atoms with E-state index in [0.717, 1.165) is 44.0 Å². The van der Waals surface area contributed by atoms with E-state index in [-0.39, 0.29) is 17.9 Å². The average molecular weight is 378 g/mol. The van der Waals surface area contributed by atoms with Crippen LogP contribution in [0.1, 0.15) is 37.2 Å². The van der Waals surface area contributed by atoms with Crippen molar-refractivity contribution in [1.29, 1.82) is 0 Å². The molecular formula is C22H26N4O2. The Bertz CT molecular complexity index is 837. The molecule has 4 heterocycles. The Labute approximate surface area is 165 Å². The van der Waals surface area contributed by atoms with Crippen molar-refractivity contribution in [1.82, 2.24) is 14.9 Å². The molecule has 3 fully saturated rings. The highest BCUT2D eigenvalue weighted by atomic mass is 16.5. The van der Waals surface area contributed by atoms with Crippen molar-refractivity contribution in [2.24, 2.45) is 5.92 Å². The number of rotatable bonds is 5. The molecule has 1 amide bonds. The number of pyridine rings is 2. The van der Waals surface area contributed by atoms with Gasteiger partial charge in [0.25, 0.3) is 0 Å². The first-order valence-electron chi connectivity index (χ1n) is 10.3. The molecule has 2 saturated heterocycles. The van der Waals surface area contributed by atoms with Gasteiger partial charge in [-0.2, -0.15) is 0 Å².